The van der Waals surface area contributed by atoms with Gasteiger partial charge in [-0.1, -0.05) is 49.4 Å². The minimum absolute atomic E-state index is 0.221. The Hall–Kier alpha value is -1.76. The average Bonchev–Trinajstić information content (AvgIpc) is 2.38. The van der Waals surface area contributed by atoms with Crippen LogP contribution < -0.4 is 4.74 Å². The van der Waals surface area contributed by atoms with Crippen LogP contribution in [-0.4, -0.2) is 6.10 Å². The lowest BCUT2D eigenvalue weighted by atomic mass is 10.1. The monoisotopic (exact) mass is 226 g/mol. The molecule has 0 aliphatic rings. The summed E-state index contributed by atoms with van der Waals surface area (Å²) in [5.41, 5.74) is 0. The third kappa shape index (κ3) is 2.68. The second-order valence-electron chi connectivity index (χ2n) is 4.15. The van der Waals surface area contributed by atoms with Crippen LogP contribution in [0.2, 0.25) is 0 Å². The molecule has 0 aliphatic heterocycles. The SMILES string of the molecule is C=CCC(CC)Oc1cccc2ccccc12. The van der Waals surface area contributed by atoms with E-state index in [4.69, 9.17) is 4.74 Å². The maximum absolute atomic E-state index is 6.05. The Labute approximate surface area is 103 Å². The molecule has 0 bridgehead atoms. The Morgan fingerprint density at radius 1 is 1.18 bits per heavy atom. The summed E-state index contributed by atoms with van der Waals surface area (Å²) in [5, 5.41) is 2.40. The molecule has 1 heteroatoms. The van der Waals surface area contributed by atoms with Gasteiger partial charge in [0.2, 0.25) is 0 Å². The molecule has 2 aromatic rings. The van der Waals surface area contributed by atoms with E-state index in [1.54, 1.807) is 0 Å². The van der Waals surface area contributed by atoms with Gasteiger partial charge in [0.25, 0.3) is 0 Å². The average molecular weight is 226 g/mol. The molecule has 0 N–H and O–H groups in total. The van der Waals surface area contributed by atoms with Crippen molar-refractivity contribution in [1.29, 1.82) is 0 Å². The molecule has 2 rings (SSSR count). The van der Waals surface area contributed by atoms with E-state index in [2.05, 4.69) is 31.7 Å². The van der Waals surface area contributed by atoms with E-state index >= 15 is 0 Å². The topological polar surface area (TPSA) is 9.23 Å². The number of rotatable bonds is 5. The lowest BCUT2D eigenvalue weighted by Crippen LogP contribution is -2.14. The predicted molar refractivity (Wildman–Crippen MR) is 73.5 cm³/mol. The highest BCUT2D eigenvalue weighted by atomic mass is 16.5. The van der Waals surface area contributed by atoms with Crippen molar-refractivity contribution in [3.05, 3.63) is 55.1 Å². The number of hydrogen-bond donors (Lipinski definition) is 0. The van der Waals surface area contributed by atoms with Crippen molar-refractivity contribution in [2.45, 2.75) is 25.9 Å². The zero-order chi connectivity index (χ0) is 12.1. The van der Waals surface area contributed by atoms with Crippen LogP contribution >= 0.6 is 0 Å². The molecule has 1 atom stereocenters. The van der Waals surface area contributed by atoms with Gasteiger partial charge in [-0.25, -0.2) is 0 Å². The molecule has 0 radical (unpaired) electrons. The van der Waals surface area contributed by atoms with Crippen molar-refractivity contribution < 1.29 is 4.74 Å². The summed E-state index contributed by atoms with van der Waals surface area (Å²) < 4.78 is 6.05. The molecule has 17 heavy (non-hydrogen) atoms. The first-order chi connectivity index (χ1) is 8.35. The van der Waals surface area contributed by atoms with Crippen molar-refractivity contribution in [2.75, 3.05) is 0 Å². The molecular formula is C16H18O. The molecule has 1 unspecified atom stereocenters. The summed E-state index contributed by atoms with van der Waals surface area (Å²) in [6, 6.07) is 14.5. The number of hydrogen-bond acceptors (Lipinski definition) is 1. The Balaban J connectivity index is 2.31. The van der Waals surface area contributed by atoms with Crippen LogP contribution in [-0.2, 0) is 0 Å². The van der Waals surface area contributed by atoms with E-state index in [0.29, 0.717) is 0 Å². The number of fused-ring (bicyclic) bond motifs is 1. The molecule has 0 heterocycles. The molecule has 0 saturated carbocycles. The molecular weight excluding hydrogens is 208 g/mol. The van der Waals surface area contributed by atoms with Crippen LogP contribution in [0.3, 0.4) is 0 Å². The minimum Gasteiger partial charge on any atom is -0.489 e. The number of ether oxygens (including phenoxy) is 1. The summed E-state index contributed by atoms with van der Waals surface area (Å²) >= 11 is 0. The highest BCUT2D eigenvalue weighted by Crippen LogP contribution is 2.26. The van der Waals surface area contributed by atoms with Crippen molar-refractivity contribution in [2.24, 2.45) is 0 Å². The largest absolute Gasteiger partial charge is 0.489 e. The summed E-state index contributed by atoms with van der Waals surface area (Å²) in [7, 11) is 0. The first kappa shape index (κ1) is 11.7. The Morgan fingerprint density at radius 3 is 2.71 bits per heavy atom. The summed E-state index contributed by atoms with van der Waals surface area (Å²) in [5.74, 6) is 0.969. The van der Waals surface area contributed by atoms with E-state index in [0.717, 1.165) is 18.6 Å². The molecule has 0 aromatic heterocycles. The number of benzene rings is 2. The fourth-order valence-electron chi connectivity index (χ4n) is 1.96. The van der Waals surface area contributed by atoms with Crippen molar-refractivity contribution in [3.8, 4) is 5.75 Å². The highest BCUT2D eigenvalue weighted by Gasteiger charge is 2.08. The third-order valence-corrected chi connectivity index (χ3v) is 2.93. The highest BCUT2D eigenvalue weighted by molar-refractivity contribution is 5.88. The van der Waals surface area contributed by atoms with Crippen molar-refractivity contribution >= 4 is 10.8 Å². The van der Waals surface area contributed by atoms with Crippen LogP contribution in [0.15, 0.2) is 55.1 Å². The van der Waals surface area contributed by atoms with Crippen LogP contribution in [0.1, 0.15) is 19.8 Å². The quantitative estimate of drug-likeness (QED) is 0.678. The molecule has 88 valence electrons. The minimum atomic E-state index is 0.221. The van der Waals surface area contributed by atoms with Gasteiger partial charge in [0, 0.05) is 11.8 Å². The Bertz CT molecular complexity index is 496. The van der Waals surface area contributed by atoms with Gasteiger partial charge in [-0.2, -0.15) is 0 Å². The first-order valence-corrected chi connectivity index (χ1v) is 6.10. The van der Waals surface area contributed by atoms with Crippen molar-refractivity contribution in [3.63, 3.8) is 0 Å². The van der Waals surface area contributed by atoms with Gasteiger partial charge < -0.3 is 4.74 Å². The van der Waals surface area contributed by atoms with Gasteiger partial charge in [-0.15, -0.1) is 6.58 Å². The molecule has 0 saturated heterocycles. The van der Waals surface area contributed by atoms with E-state index < -0.39 is 0 Å². The fourth-order valence-corrected chi connectivity index (χ4v) is 1.96. The standard InChI is InChI=1S/C16H18O/c1-3-8-14(4-2)17-16-12-7-10-13-9-5-6-11-15(13)16/h3,5-7,9-12,14H,1,4,8H2,2H3. The summed E-state index contributed by atoms with van der Waals surface area (Å²) in [6.45, 7) is 5.91. The Kier molecular flexibility index (Phi) is 3.81. The molecule has 0 spiro atoms. The van der Waals surface area contributed by atoms with Crippen LogP contribution in [0.25, 0.3) is 10.8 Å². The lowest BCUT2D eigenvalue weighted by molar-refractivity contribution is 0.203. The second-order valence-corrected chi connectivity index (χ2v) is 4.15. The van der Waals surface area contributed by atoms with Crippen LogP contribution in [0.5, 0.6) is 5.75 Å². The van der Waals surface area contributed by atoms with Crippen LogP contribution in [0.4, 0.5) is 0 Å². The molecule has 0 amide bonds. The molecule has 0 aliphatic carbocycles. The predicted octanol–water partition coefficient (Wildman–Crippen LogP) is 4.57. The van der Waals surface area contributed by atoms with Gasteiger partial charge in [-0.05, 0) is 17.9 Å². The van der Waals surface area contributed by atoms with E-state index in [1.807, 2.05) is 30.3 Å². The zero-order valence-electron chi connectivity index (χ0n) is 10.2. The van der Waals surface area contributed by atoms with Gasteiger partial charge in [0.1, 0.15) is 11.9 Å². The van der Waals surface area contributed by atoms with Gasteiger partial charge in [-0.3, -0.25) is 0 Å². The Morgan fingerprint density at radius 2 is 1.94 bits per heavy atom. The summed E-state index contributed by atoms with van der Waals surface area (Å²) in [4.78, 5) is 0. The first-order valence-electron chi connectivity index (χ1n) is 6.10. The van der Waals surface area contributed by atoms with Gasteiger partial charge in [0.15, 0.2) is 0 Å². The van der Waals surface area contributed by atoms with Crippen LogP contribution in [0, 0.1) is 0 Å². The maximum atomic E-state index is 6.05. The zero-order valence-corrected chi connectivity index (χ0v) is 10.2. The maximum Gasteiger partial charge on any atom is 0.127 e. The molecule has 1 nitrogen and oxygen atoms in total. The second kappa shape index (κ2) is 5.53. The fraction of sp³-hybridized carbons (Fsp3) is 0.250. The van der Waals surface area contributed by atoms with Gasteiger partial charge >= 0.3 is 0 Å². The summed E-state index contributed by atoms with van der Waals surface area (Å²) in [6.07, 6.45) is 4.02. The van der Waals surface area contributed by atoms with Crippen molar-refractivity contribution in [1.82, 2.24) is 0 Å². The van der Waals surface area contributed by atoms with Gasteiger partial charge in [0.05, 0.1) is 0 Å². The van der Waals surface area contributed by atoms with E-state index in [1.165, 1.54) is 10.8 Å². The van der Waals surface area contributed by atoms with E-state index in [-0.39, 0.29) is 6.10 Å². The normalized spacial score (nSPS) is 12.3. The third-order valence-electron chi connectivity index (χ3n) is 2.93. The molecule has 2 aromatic carbocycles. The smallest absolute Gasteiger partial charge is 0.127 e. The van der Waals surface area contributed by atoms with E-state index in [9.17, 15) is 0 Å². The molecule has 0 fully saturated rings. The lowest BCUT2D eigenvalue weighted by Gasteiger charge is -2.17.